The van der Waals surface area contributed by atoms with Crippen LogP contribution in [0.5, 0.6) is 0 Å². The number of carbonyl (C=O) groups is 2. The minimum Gasteiger partial charge on any atom is -0.337 e. The van der Waals surface area contributed by atoms with Crippen molar-refractivity contribution in [1.82, 2.24) is 14.9 Å². The van der Waals surface area contributed by atoms with Gasteiger partial charge in [-0.15, -0.1) is 0 Å². The highest BCUT2D eigenvalue weighted by atomic mass is 32.2. The molecule has 2 aromatic rings. The third kappa shape index (κ3) is 3.21. The predicted octanol–water partition coefficient (Wildman–Crippen LogP) is 2.01. The highest BCUT2D eigenvalue weighted by Gasteiger charge is 2.30. The normalized spacial score (nSPS) is 18.4. The van der Waals surface area contributed by atoms with Gasteiger partial charge in [-0.2, -0.15) is 0 Å². The molecule has 1 aliphatic heterocycles. The van der Waals surface area contributed by atoms with Gasteiger partial charge in [0.2, 0.25) is 5.91 Å². The van der Waals surface area contributed by atoms with E-state index in [1.165, 1.54) is 11.8 Å². The Balaban J connectivity index is 1.73. The molecule has 1 atom stereocenters. The Kier molecular flexibility index (Phi) is 3.88. The largest absolute Gasteiger partial charge is 0.337 e. The van der Waals surface area contributed by atoms with E-state index in [2.05, 4.69) is 9.97 Å². The summed E-state index contributed by atoms with van der Waals surface area (Å²) in [7, 11) is 0. The summed E-state index contributed by atoms with van der Waals surface area (Å²) in [6.45, 7) is 2.72. The summed E-state index contributed by atoms with van der Waals surface area (Å²) < 4.78 is 0. The van der Waals surface area contributed by atoms with Crippen LogP contribution >= 0.6 is 11.8 Å². The highest BCUT2D eigenvalue weighted by Crippen LogP contribution is 2.25. The maximum absolute atomic E-state index is 12.0. The van der Waals surface area contributed by atoms with E-state index in [4.69, 9.17) is 0 Å². The van der Waals surface area contributed by atoms with Crippen molar-refractivity contribution >= 4 is 33.8 Å². The van der Waals surface area contributed by atoms with E-state index in [1.54, 1.807) is 24.2 Å². The fourth-order valence-corrected chi connectivity index (χ4v) is 3.48. The van der Waals surface area contributed by atoms with Gasteiger partial charge in [0.15, 0.2) is 5.12 Å². The van der Waals surface area contributed by atoms with Gasteiger partial charge >= 0.3 is 0 Å². The predicted molar refractivity (Wildman–Crippen MR) is 81.6 cm³/mol. The first kappa shape index (κ1) is 14.0. The molecule has 21 heavy (non-hydrogen) atoms. The number of likely N-dealkylation sites (tertiary alicyclic amines) is 1. The van der Waals surface area contributed by atoms with E-state index < -0.39 is 0 Å². The number of thioether (sulfide) groups is 1. The Morgan fingerprint density at radius 1 is 1.33 bits per heavy atom. The molecule has 0 saturated carbocycles. The fraction of sp³-hybridized carbons (Fsp3) is 0.333. The molecule has 1 unspecified atom stereocenters. The number of hydrogen-bond donors (Lipinski definition) is 0. The number of rotatable bonds is 3. The van der Waals surface area contributed by atoms with Crippen molar-refractivity contribution < 1.29 is 9.59 Å². The lowest BCUT2D eigenvalue weighted by Gasteiger charge is -2.16. The van der Waals surface area contributed by atoms with Crippen LogP contribution in [0.2, 0.25) is 0 Å². The maximum Gasteiger partial charge on any atom is 0.224 e. The molecule has 3 rings (SSSR count). The van der Waals surface area contributed by atoms with Crippen molar-refractivity contribution in [2.75, 3.05) is 6.54 Å². The molecule has 0 spiro atoms. The Hall–Kier alpha value is -1.95. The number of benzene rings is 1. The molecule has 1 aromatic heterocycles. The molecule has 108 valence electrons. The molecule has 1 aromatic carbocycles. The summed E-state index contributed by atoms with van der Waals surface area (Å²) >= 11 is 1.26. The van der Waals surface area contributed by atoms with Gasteiger partial charge < -0.3 is 4.90 Å². The summed E-state index contributed by atoms with van der Waals surface area (Å²) in [6.07, 6.45) is 3.76. The molecule has 1 amide bonds. The average molecular weight is 301 g/mol. The zero-order valence-electron chi connectivity index (χ0n) is 11.7. The Morgan fingerprint density at radius 2 is 2.10 bits per heavy atom. The number of nitrogens with zero attached hydrogens (tertiary/aromatic N) is 3. The number of fused-ring (bicyclic) bond motifs is 1. The second-order valence-corrected chi connectivity index (χ2v) is 6.57. The monoisotopic (exact) mass is 301 g/mol. The minimum absolute atomic E-state index is 0.0654. The second kappa shape index (κ2) is 5.81. The van der Waals surface area contributed by atoms with Crippen LogP contribution in [0.1, 0.15) is 18.9 Å². The van der Waals surface area contributed by atoms with E-state index in [1.807, 2.05) is 18.2 Å². The third-order valence-electron chi connectivity index (χ3n) is 3.42. The van der Waals surface area contributed by atoms with Crippen molar-refractivity contribution in [3.63, 3.8) is 0 Å². The molecular formula is C15H15N3O2S. The van der Waals surface area contributed by atoms with Crippen molar-refractivity contribution in [3.05, 3.63) is 36.2 Å². The summed E-state index contributed by atoms with van der Waals surface area (Å²) in [4.78, 5) is 33.5. The topological polar surface area (TPSA) is 63.2 Å². The number of carbonyl (C=O) groups excluding carboxylic acids is 2. The Morgan fingerprint density at radius 3 is 2.86 bits per heavy atom. The van der Waals surface area contributed by atoms with Crippen molar-refractivity contribution in [2.45, 2.75) is 25.1 Å². The number of amides is 1. The van der Waals surface area contributed by atoms with Crippen LogP contribution in [0.3, 0.4) is 0 Å². The van der Waals surface area contributed by atoms with Gasteiger partial charge in [-0.1, -0.05) is 17.8 Å². The highest BCUT2D eigenvalue weighted by molar-refractivity contribution is 8.14. The number of aromatic nitrogens is 2. The van der Waals surface area contributed by atoms with Crippen LogP contribution in [0.15, 0.2) is 30.6 Å². The molecule has 5 nitrogen and oxygen atoms in total. The van der Waals surface area contributed by atoms with Gasteiger partial charge in [0.25, 0.3) is 0 Å². The summed E-state index contributed by atoms with van der Waals surface area (Å²) in [5.74, 6) is 0.105. The Labute approximate surface area is 126 Å². The molecule has 6 heteroatoms. The standard InChI is InChI=1S/C15H15N3O2S/c1-10(19)21-12-7-15(20)18(9-12)8-11-2-3-13-14(6-11)17-5-4-16-13/h2-6,12H,7-9H2,1H3. The molecule has 2 heterocycles. The summed E-state index contributed by atoms with van der Waals surface area (Å²) in [5.41, 5.74) is 2.71. The van der Waals surface area contributed by atoms with Gasteiger partial charge in [0.05, 0.1) is 11.0 Å². The van der Waals surface area contributed by atoms with E-state index >= 15 is 0 Å². The minimum atomic E-state index is 0.0654. The van der Waals surface area contributed by atoms with Gasteiger partial charge in [0, 0.05) is 44.1 Å². The molecular weight excluding hydrogens is 286 g/mol. The lowest BCUT2D eigenvalue weighted by molar-refractivity contribution is -0.128. The zero-order valence-corrected chi connectivity index (χ0v) is 12.5. The second-order valence-electron chi connectivity index (χ2n) is 5.09. The molecule has 0 aliphatic carbocycles. The van der Waals surface area contributed by atoms with E-state index in [0.717, 1.165) is 16.6 Å². The van der Waals surface area contributed by atoms with Gasteiger partial charge in [-0.25, -0.2) is 0 Å². The maximum atomic E-state index is 12.0. The molecule has 1 saturated heterocycles. The zero-order chi connectivity index (χ0) is 14.8. The first-order valence-corrected chi connectivity index (χ1v) is 7.64. The lowest BCUT2D eigenvalue weighted by atomic mass is 10.2. The van der Waals surface area contributed by atoms with E-state index in [9.17, 15) is 9.59 Å². The number of hydrogen-bond acceptors (Lipinski definition) is 5. The SMILES string of the molecule is CC(=O)SC1CC(=O)N(Cc2ccc3nccnc3c2)C1. The smallest absolute Gasteiger partial charge is 0.224 e. The van der Waals surface area contributed by atoms with Gasteiger partial charge in [0.1, 0.15) is 0 Å². The quantitative estimate of drug-likeness (QED) is 0.868. The molecule has 0 radical (unpaired) electrons. The van der Waals surface area contributed by atoms with Gasteiger partial charge in [-0.3, -0.25) is 19.6 Å². The lowest BCUT2D eigenvalue weighted by Crippen LogP contribution is -2.25. The summed E-state index contributed by atoms with van der Waals surface area (Å²) in [6, 6.07) is 5.84. The average Bonchev–Trinajstić information content (AvgIpc) is 2.77. The molecule has 1 fully saturated rings. The Bertz CT molecular complexity index is 704. The van der Waals surface area contributed by atoms with Crippen LogP contribution in [-0.4, -0.2) is 37.7 Å². The molecule has 0 N–H and O–H groups in total. The van der Waals surface area contributed by atoms with E-state index in [0.29, 0.717) is 19.5 Å². The van der Waals surface area contributed by atoms with Crippen LogP contribution in [0.25, 0.3) is 11.0 Å². The molecule has 1 aliphatic rings. The van der Waals surface area contributed by atoms with E-state index in [-0.39, 0.29) is 16.3 Å². The van der Waals surface area contributed by atoms with Crippen LogP contribution < -0.4 is 0 Å². The third-order valence-corrected chi connectivity index (χ3v) is 4.40. The first-order chi connectivity index (χ1) is 10.1. The van der Waals surface area contributed by atoms with Crippen LogP contribution in [0, 0.1) is 0 Å². The van der Waals surface area contributed by atoms with Crippen molar-refractivity contribution in [2.24, 2.45) is 0 Å². The summed E-state index contributed by atoms with van der Waals surface area (Å²) in [5, 5.41) is 0.144. The fourth-order valence-electron chi connectivity index (χ4n) is 2.53. The molecule has 0 bridgehead atoms. The first-order valence-electron chi connectivity index (χ1n) is 6.76. The van der Waals surface area contributed by atoms with Crippen molar-refractivity contribution in [3.8, 4) is 0 Å². The van der Waals surface area contributed by atoms with Crippen molar-refractivity contribution in [1.29, 1.82) is 0 Å². The van der Waals surface area contributed by atoms with Crippen LogP contribution in [0.4, 0.5) is 0 Å². The van der Waals surface area contributed by atoms with Crippen LogP contribution in [-0.2, 0) is 16.1 Å². The van der Waals surface area contributed by atoms with Gasteiger partial charge in [-0.05, 0) is 17.7 Å².